The topological polar surface area (TPSA) is 82.6 Å². The number of nitrogens with zero attached hydrogens (tertiary/aromatic N) is 3. The Labute approximate surface area is 196 Å². The van der Waals surface area contributed by atoms with E-state index in [1.807, 2.05) is 60.4 Å². The molecular weight excluding hydrogens is 436 g/mol. The molecule has 0 bridgehead atoms. The van der Waals surface area contributed by atoms with Crippen molar-refractivity contribution in [2.45, 2.75) is 26.2 Å². The normalized spacial score (nSPS) is 19.3. The minimum Gasteiger partial charge on any atom is -0.342 e. The number of benzene rings is 2. The van der Waals surface area contributed by atoms with E-state index in [1.54, 1.807) is 4.90 Å². The van der Waals surface area contributed by atoms with Crippen LogP contribution in [0.25, 0.3) is 10.2 Å². The van der Waals surface area contributed by atoms with E-state index in [-0.39, 0.29) is 36.0 Å². The number of aromatic nitrogens is 1. The van der Waals surface area contributed by atoms with Gasteiger partial charge in [0.05, 0.1) is 16.1 Å². The number of piperidine rings is 1. The predicted molar refractivity (Wildman–Crippen MR) is 129 cm³/mol. The summed E-state index contributed by atoms with van der Waals surface area (Å²) in [5, 5.41) is 3.59. The van der Waals surface area contributed by atoms with E-state index in [9.17, 15) is 14.4 Å². The lowest BCUT2D eigenvalue weighted by atomic mass is 9.94. The fourth-order valence-corrected chi connectivity index (χ4v) is 5.64. The predicted octanol–water partition coefficient (Wildman–Crippen LogP) is 3.83. The van der Waals surface area contributed by atoms with Crippen LogP contribution in [-0.4, -0.2) is 47.2 Å². The van der Waals surface area contributed by atoms with Gasteiger partial charge in [-0.25, -0.2) is 4.98 Å². The average Bonchev–Trinajstić information content (AvgIpc) is 3.43. The van der Waals surface area contributed by atoms with Gasteiger partial charge in [-0.2, -0.15) is 0 Å². The number of thiazole rings is 1. The Kier molecular flexibility index (Phi) is 5.85. The molecule has 0 aliphatic carbocycles. The van der Waals surface area contributed by atoms with Gasteiger partial charge in [0.1, 0.15) is 0 Å². The maximum Gasteiger partial charge on any atom is 0.229 e. The number of para-hydroxylation sites is 2. The van der Waals surface area contributed by atoms with Crippen LogP contribution in [0.5, 0.6) is 0 Å². The van der Waals surface area contributed by atoms with Crippen molar-refractivity contribution in [3.05, 3.63) is 54.1 Å². The number of hydrogen-bond acceptors (Lipinski definition) is 5. The van der Waals surface area contributed by atoms with Gasteiger partial charge in [-0.1, -0.05) is 41.7 Å². The maximum atomic E-state index is 13.1. The smallest absolute Gasteiger partial charge is 0.229 e. The van der Waals surface area contributed by atoms with Crippen molar-refractivity contribution in [2.75, 3.05) is 29.9 Å². The molecular formula is C25H26N4O3S. The number of fused-ring (bicyclic) bond motifs is 1. The van der Waals surface area contributed by atoms with Crippen molar-refractivity contribution in [1.82, 2.24) is 9.88 Å². The first-order valence-corrected chi connectivity index (χ1v) is 12.1. The van der Waals surface area contributed by atoms with E-state index in [2.05, 4.69) is 10.3 Å². The van der Waals surface area contributed by atoms with Gasteiger partial charge in [0.15, 0.2) is 5.13 Å². The zero-order chi connectivity index (χ0) is 22.9. The Morgan fingerprint density at radius 1 is 1.03 bits per heavy atom. The van der Waals surface area contributed by atoms with E-state index < -0.39 is 0 Å². The Bertz CT molecular complexity index is 1200. The van der Waals surface area contributed by atoms with E-state index in [0.29, 0.717) is 37.6 Å². The Hall–Kier alpha value is -3.26. The van der Waals surface area contributed by atoms with Gasteiger partial charge in [-0.15, -0.1) is 0 Å². The molecule has 2 aliphatic rings. The lowest BCUT2D eigenvalue weighted by molar-refractivity contribution is -0.138. The molecule has 3 aromatic rings. The van der Waals surface area contributed by atoms with Crippen LogP contribution >= 0.6 is 11.3 Å². The van der Waals surface area contributed by atoms with Crippen molar-refractivity contribution < 1.29 is 14.4 Å². The van der Waals surface area contributed by atoms with Crippen molar-refractivity contribution in [3.63, 3.8) is 0 Å². The molecule has 33 heavy (non-hydrogen) atoms. The van der Waals surface area contributed by atoms with E-state index in [1.165, 1.54) is 11.3 Å². The quantitative estimate of drug-likeness (QED) is 0.639. The summed E-state index contributed by atoms with van der Waals surface area (Å²) in [5.74, 6) is -0.505. The highest BCUT2D eigenvalue weighted by atomic mass is 32.1. The molecule has 5 rings (SSSR count). The fourth-order valence-electron chi connectivity index (χ4n) is 4.70. The van der Waals surface area contributed by atoms with Gasteiger partial charge >= 0.3 is 0 Å². The summed E-state index contributed by atoms with van der Waals surface area (Å²) in [6.45, 7) is 3.49. The summed E-state index contributed by atoms with van der Waals surface area (Å²) < 4.78 is 1.06. The van der Waals surface area contributed by atoms with Crippen molar-refractivity contribution in [2.24, 2.45) is 11.8 Å². The van der Waals surface area contributed by atoms with Crippen molar-refractivity contribution in [3.8, 4) is 0 Å². The zero-order valence-electron chi connectivity index (χ0n) is 18.5. The summed E-state index contributed by atoms with van der Waals surface area (Å²) >= 11 is 1.48. The molecule has 0 radical (unpaired) electrons. The second kappa shape index (κ2) is 8.94. The number of hydrogen-bond donors (Lipinski definition) is 1. The summed E-state index contributed by atoms with van der Waals surface area (Å²) in [5.41, 5.74) is 2.85. The Morgan fingerprint density at radius 2 is 1.79 bits per heavy atom. The minimum atomic E-state index is -0.325. The van der Waals surface area contributed by atoms with Gasteiger partial charge < -0.3 is 15.1 Å². The highest BCUT2D eigenvalue weighted by Crippen LogP contribution is 2.30. The van der Waals surface area contributed by atoms with Crippen LogP contribution in [0.3, 0.4) is 0 Å². The third-order valence-corrected chi connectivity index (χ3v) is 7.51. The SMILES string of the molecule is Cc1cccc2sc(NC(=O)C3CCN(C(=O)C4CC(=O)N(c5ccccc5)C4)CC3)nc12. The minimum absolute atomic E-state index is 0.0140. The molecule has 2 saturated heterocycles. The van der Waals surface area contributed by atoms with Crippen LogP contribution in [0.2, 0.25) is 0 Å². The summed E-state index contributed by atoms with van der Waals surface area (Å²) in [6.07, 6.45) is 1.47. The van der Waals surface area contributed by atoms with Gasteiger partial charge in [0, 0.05) is 37.7 Å². The number of nitrogens with one attached hydrogen (secondary N) is 1. The van der Waals surface area contributed by atoms with Crippen LogP contribution in [0.15, 0.2) is 48.5 Å². The molecule has 7 nitrogen and oxygen atoms in total. The molecule has 8 heteroatoms. The second-order valence-electron chi connectivity index (χ2n) is 8.77. The van der Waals surface area contributed by atoms with Crippen molar-refractivity contribution >= 4 is 50.1 Å². The van der Waals surface area contributed by atoms with Crippen LogP contribution in [0.1, 0.15) is 24.8 Å². The molecule has 1 atom stereocenters. The third kappa shape index (κ3) is 4.35. The van der Waals surface area contributed by atoms with Crippen LogP contribution in [0, 0.1) is 18.8 Å². The molecule has 1 unspecified atom stereocenters. The second-order valence-corrected chi connectivity index (χ2v) is 9.80. The fraction of sp³-hybridized carbons (Fsp3) is 0.360. The molecule has 2 aromatic carbocycles. The standard InChI is InChI=1S/C25H26N4O3S/c1-16-6-5-9-20-22(16)26-25(33-20)27-23(31)17-10-12-28(13-11-17)24(32)18-14-21(30)29(15-18)19-7-3-2-4-8-19/h2-9,17-18H,10-15H2,1H3,(H,26,27,31). The highest BCUT2D eigenvalue weighted by Gasteiger charge is 2.38. The monoisotopic (exact) mass is 462 g/mol. The molecule has 2 fully saturated rings. The van der Waals surface area contributed by atoms with Crippen molar-refractivity contribution in [1.29, 1.82) is 0 Å². The molecule has 2 aliphatic heterocycles. The maximum absolute atomic E-state index is 13.1. The lowest BCUT2D eigenvalue weighted by Gasteiger charge is -2.32. The zero-order valence-corrected chi connectivity index (χ0v) is 19.3. The summed E-state index contributed by atoms with van der Waals surface area (Å²) in [6, 6.07) is 15.5. The number of likely N-dealkylation sites (tertiary alicyclic amines) is 1. The Morgan fingerprint density at radius 3 is 2.52 bits per heavy atom. The molecule has 1 N–H and O–H groups in total. The first-order valence-electron chi connectivity index (χ1n) is 11.3. The molecule has 0 saturated carbocycles. The third-order valence-electron chi connectivity index (χ3n) is 6.57. The first-order chi connectivity index (χ1) is 16.0. The summed E-state index contributed by atoms with van der Waals surface area (Å²) in [7, 11) is 0. The number of anilines is 2. The van der Waals surface area contributed by atoms with Gasteiger partial charge in [-0.05, 0) is 43.5 Å². The largest absolute Gasteiger partial charge is 0.342 e. The summed E-state index contributed by atoms with van der Waals surface area (Å²) in [4.78, 5) is 46.4. The molecule has 0 spiro atoms. The number of rotatable bonds is 4. The van der Waals surface area contributed by atoms with Gasteiger partial charge in [0.25, 0.3) is 0 Å². The number of amides is 3. The first kappa shape index (κ1) is 21.6. The number of aryl methyl sites for hydroxylation is 1. The Balaban J connectivity index is 1.16. The molecule has 1 aromatic heterocycles. The van der Waals surface area contributed by atoms with Gasteiger partial charge in [-0.3, -0.25) is 14.4 Å². The molecule has 170 valence electrons. The number of carbonyl (C=O) groups excluding carboxylic acids is 3. The molecule has 3 heterocycles. The van der Waals surface area contributed by atoms with Crippen LogP contribution in [-0.2, 0) is 14.4 Å². The van der Waals surface area contributed by atoms with E-state index in [4.69, 9.17) is 0 Å². The van der Waals surface area contributed by atoms with E-state index >= 15 is 0 Å². The van der Waals surface area contributed by atoms with E-state index in [0.717, 1.165) is 21.5 Å². The van der Waals surface area contributed by atoms with Crippen LogP contribution in [0.4, 0.5) is 10.8 Å². The highest BCUT2D eigenvalue weighted by molar-refractivity contribution is 7.22. The number of carbonyl (C=O) groups is 3. The van der Waals surface area contributed by atoms with Crippen LogP contribution < -0.4 is 10.2 Å². The molecule has 3 amide bonds. The van der Waals surface area contributed by atoms with Gasteiger partial charge in [0.2, 0.25) is 17.7 Å². The average molecular weight is 463 g/mol. The lowest BCUT2D eigenvalue weighted by Crippen LogP contribution is -2.44.